The van der Waals surface area contributed by atoms with E-state index in [1.54, 1.807) is 30.3 Å². The van der Waals surface area contributed by atoms with Gasteiger partial charge in [-0.3, -0.25) is 9.59 Å². The minimum absolute atomic E-state index is 0.119. The van der Waals surface area contributed by atoms with Crippen LogP contribution in [0.15, 0.2) is 45.8 Å². The molecule has 3 rings (SSSR count). The van der Waals surface area contributed by atoms with Gasteiger partial charge in [0.25, 0.3) is 5.91 Å². The van der Waals surface area contributed by atoms with Crippen LogP contribution in [0.5, 0.6) is 0 Å². The fourth-order valence-electron chi connectivity index (χ4n) is 2.12. The number of carbonyl (C=O) groups excluding carboxylic acids is 2. The molecule has 0 aliphatic heterocycles. The minimum atomic E-state index is -0.367. The first kappa shape index (κ1) is 14.6. The Morgan fingerprint density at radius 2 is 1.96 bits per heavy atom. The Kier molecular flexibility index (Phi) is 3.96. The topological polar surface area (TPSA) is 120 Å². The van der Waals surface area contributed by atoms with E-state index in [9.17, 15) is 14.4 Å². The van der Waals surface area contributed by atoms with E-state index in [0.717, 1.165) is 0 Å². The molecule has 2 aromatic heterocycles. The molecule has 0 aliphatic rings. The molecule has 0 atom stereocenters. The monoisotopic (exact) mass is 314 g/mol. The van der Waals surface area contributed by atoms with Crippen LogP contribution in [0, 0.1) is 0 Å². The van der Waals surface area contributed by atoms with Crippen LogP contribution in [0.3, 0.4) is 0 Å². The van der Waals surface area contributed by atoms with Crippen molar-refractivity contribution in [3.8, 4) is 0 Å². The number of rotatable bonds is 5. The Morgan fingerprint density at radius 3 is 2.74 bits per heavy atom. The second kappa shape index (κ2) is 6.22. The van der Waals surface area contributed by atoms with Gasteiger partial charge < -0.3 is 25.0 Å². The van der Waals surface area contributed by atoms with Gasteiger partial charge in [0.05, 0.1) is 17.3 Å². The number of hydrogen-bond acceptors (Lipinski definition) is 4. The first-order chi connectivity index (χ1) is 11.1. The number of anilines is 1. The molecule has 4 N–H and O–H groups in total. The molecule has 0 bridgehead atoms. The van der Waals surface area contributed by atoms with Crippen LogP contribution in [0.4, 0.5) is 5.69 Å². The van der Waals surface area contributed by atoms with Gasteiger partial charge >= 0.3 is 5.69 Å². The van der Waals surface area contributed by atoms with Crippen LogP contribution in [0.25, 0.3) is 11.0 Å². The number of aromatic nitrogens is 2. The first-order valence-corrected chi connectivity index (χ1v) is 6.95. The molecule has 8 heteroatoms. The van der Waals surface area contributed by atoms with E-state index in [0.29, 0.717) is 16.7 Å². The number of amides is 2. The van der Waals surface area contributed by atoms with Crippen molar-refractivity contribution in [2.45, 2.75) is 6.42 Å². The summed E-state index contributed by atoms with van der Waals surface area (Å²) in [6.07, 6.45) is 1.53. The Hall–Kier alpha value is -3.29. The predicted octanol–water partition coefficient (Wildman–Crippen LogP) is 1.21. The Labute approximate surface area is 129 Å². The van der Waals surface area contributed by atoms with Gasteiger partial charge in [-0.1, -0.05) is 0 Å². The Balaban J connectivity index is 1.52. The lowest BCUT2D eigenvalue weighted by molar-refractivity contribution is -0.116. The van der Waals surface area contributed by atoms with Crippen molar-refractivity contribution in [1.29, 1.82) is 0 Å². The number of imidazole rings is 1. The molecule has 0 saturated heterocycles. The lowest BCUT2D eigenvalue weighted by atomic mass is 10.2. The van der Waals surface area contributed by atoms with E-state index in [1.165, 1.54) is 6.26 Å². The van der Waals surface area contributed by atoms with Crippen molar-refractivity contribution in [2.75, 3.05) is 11.9 Å². The van der Waals surface area contributed by atoms with Crippen LogP contribution in [0.1, 0.15) is 17.0 Å². The number of benzene rings is 1. The zero-order valence-corrected chi connectivity index (χ0v) is 12.0. The number of hydrogen-bond donors (Lipinski definition) is 4. The van der Waals surface area contributed by atoms with Gasteiger partial charge in [0.15, 0.2) is 5.76 Å². The van der Waals surface area contributed by atoms with E-state index < -0.39 is 0 Å². The summed E-state index contributed by atoms with van der Waals surface area (Å²) in [5.41, 5.74) is 1.54. The molecule has 1 aromatic carbocycles. The second-order valence-corrected chi connectivity index (χ2v) is 4.87. The van der Waals surface area contributed by atoms with E-state index in [-0.39, 0.29) is 36.2 Å². The first-order valence-electron chi connectivity index (χ1n) is 6.95. The molecule has 0 spiro atoms. The van der Waals surface area contributed by atoms with Crippen LogP contribution in [-0.2, 0) is 4.79 Å². The molecule has 0 radical (unpaired) electrons. The summed E-state index contributed by atoms with van der Waals surface area (Å²) < 4.78 is 4.95. The van der Waals surface area contributed by atoms with Crippen LogP contribution in [0.2, 0.25) is 0 Å². The zero-order chi connectivity index (χ0) is 16.2. The second-order valence-electron chi connectivity index (χ2n) is 4.87. The highest BCUT2D eigenvalue weighted by molar-refractivity contribution is 5.94. The van der Waals surface area contributed by atoms with E-state index in [4.69, 9.17) is 4.42 Å². The highest BCUT2D eigenvalue weighted by Gasteiger charge is 2.09. The molecular weight excluding hydrogens is 300 g/mol. The fraction of sp³-hybridized carbons (Fsp3) is 0.133. The maximum atomic E-state index is 11.9. The lowest BCUT2D eigenvalue weighted by Crippen LogP contribution is -2.27. The maximum Gasteiger partial charge on any atom is 0.323 e. The van der Waals surface area contributed by atoms with Gasteiger partial charge in [-0.05, 0) is 30.3 Å². The lowest BCUT2D eigenvalue weighted by Gasteiger charge is -2.06. The van der Waals surface area contributed by atoms with E-state index >= 15 is 0 Å². The van der Waals surface area contributed by atoms with Crippen molar-refractivity contribution in [2.24, 2.45) is 0 Å². The molecule has 2 amide bonds. The third kappa shape index (κ3) is 3.49. The molecule has 0 aliphatic carbocycles. The number of fused-ring (bicyclic) bond motifs is 1. The van der Waals surface area contributed by atoms with Gasteiger partial charge in [-0.2, -0.15) is 0 Å². The molecule has 2 heterocycles. The van der Waals surface area contributed by atoms with Crippen molar-refractivity contribution in [3.05, 3.63) is 52.8 Å². The summed E-state index contributed by atoms with van der Waals surface area (Å²) in [7, 11) is 0. The SMILES string of the molecule is O=C(CCNC(=O)c1ccco1)Nc1ccc2[nH]c(=O)[nH]c2c1. The standard InChI is InChI=1S/C15H14N4O4/c20-13(5-6-16-14(21)12-2-1-7-23-12)17-9-3-4-10-11(8-9)19-15(22)18-10/h1-4,7-8H,5-6H2,(H,16,21)(H,17,20)(H2,18,19,22). The number of nitrogens with one attached hydrogen (secondary N) is 4. The minimum Gasteiger partial charge on any atom is -0.459 e. The summed E-state index contributed by atoms with van der Waals surface area (Å²) >= 11 is 0. The highest BCUT2D eigenvalue weighted by Crippen LogP contribution is 2.14. The van der Waals surface area contributed by atoms with Crippen molar-refractivity contribution >= 4 is 28.5 Å². The van der Waals surface area contributed by atoms with Gasteiger partial charge in [-0.15, -0.1) is 0 Å². The summed E-state index contributed by atoms with van der Waals surface area (Å²) in [4.78, 5) is 39.9. The summed E-state index contributed by atoms with van der Waals surface area (Å²) in [5.74, 6) is -0.414. The molecular formula is C15H14N4O4. The highest BCUT2D eigenvalue weighted by atomic mass is 16.3. The van der Waals surface area contributed by atoms with Crippen molar-refractivity contribution in [3.63, 3.8) is 0 Å². The number of carbonyl (C=O) groups is 2. The van der Waals surface area contributed by atoms with E-state index in [1.807, 2.05) is 0 Å². The fourth-order valence-corrected chi connectivity index (χ4v) is 2.12. The third-order valence-electron chi connectivity index (χ3n) is 3.18. The Morgan fingerprint density at radius 1 is 1.13 bits per heavy atom. The number of aromatic amines is 2. The van der Waals surface area contributed by atoms with Crippen molar-refractivity contribution < 1.29 is 14.0 Å². The number of furan rings is 1. The molecule has 8 nitrogen and oxygen atoms in total. The smallest absolute Gasteiger partial charge is 0.323 e. The van der Waals surface area contributed by atoms with Crippen molar-refractivity contribution in [1.82, 2.24) is 15.3 Å². The largest absolute Gasteiger partial charge is 0.459 e. The molecule has 0 unspecified atom stereocenters. The molecule has 0 fully saturated rings. The third-order valence-corrected chi connectivity index (χ3v) is 3.18. The average Bonchev–Trinajstić information content (AvgIpc) is 3.15. The summed E-state index contributed by atoms with van der Waals surface area (Å²) in [6, 6.07) is 8.20. The van der Waals surface area contributed by atoms with Gasteiger partial charge in [0.2, 0.25) is 5.91 Å². The van der Waals surface area contributed by atoms with Crippen LogP contribution < -0.4 is 16.3 Å². The quantitative estimate of drug-likeness (QED) is 0.565. The van der Waals surface area contributed by atoms with E-state index in [2.05, 4.69) is 20.6 Å². The molecule has 0 saturated carbocycles. The number of H-pyrrole nitrogens is 2. The van der Waals surface area contributed by atoms with Crippen LogP contribution in [-0.4, -0.2) is 28.3 Å². The molecule has 3 aromatic rings. The predicted molar refractivity (Wildman–Crippen MR) is 83.2 cm³/mol. The zero-order valence-electron chi connectivity index (χ0n) is 12.0. The molecule has 23 heavy (non-hydrogen) atoms. The van der Waals surface area contributed by atoms with Gasteiger partial charge in [0.1, 0.15) is 0 Å². The average molecular weight is 314 g/mol. The maximum absolute atomic E-state index is 11.9. The summed E-state index contributed by atoms with van der Waals surface area (Å²) in [6.45, 7) is 0.189. The van der Waals surface area contributed by atoms with Gasteiger partial charge in [-0.25, -0.2) is 4.79 Å². The normalized spacial score (nSPS) is 10.6. The van der Waals surface area contributed by atoms with Crippen LogP contribution >= 0.6 is 0 Å². The summed E-state index contributed by atoms with van der Waals surface area (Å²) in [5, 5.41) is 5.29. The van der Waals surface area contributed by atoms with Gasteiger partial charge in [0, 0.05) is 18.7 Å². The molecule has 118 valence electrons. The Bertz CT molecular complexity index is 892.